The van der Waals surface area contributed by atoms with Crippen LogP contribution >= 0.6 is 6.49 Å². The number of rotatable bonds is 5. The minimum absolute atomic E-state index is 0.858. The summed E-state index contributed by atoms with van der Waals surface area (Å²) >= 11 is 5.71. The van der Waals surface area contributed by atoms with Crippen LogP contribution in [0.25, 0.3) is 0 Å². The lowest BCUT2D eigenvalue weighted by Gasteiger charge is -2.23. The summed E-state index contributed by atoms with van der Waals surface area (Å²) in [7, 11) is 0. The Morgan fingerprint density at radius 1 is 1.19 bits per heavy atom. The first-order chi connectivity index (χ1) is 7.77. The maximum absolute atomic E-state index is 5.71. The van der Waals surface area contributed by atoms with Crippen molar-refractivity contribution in [1.29, 1.82) is 0 Å². The van der Waals surface area contributed by atoms with Crippen molar-refractivity contribution in [2.45, 2.75) is 13.3 Å². The summed E-state index contributed by atoms with van der Waals surface area (Å²) < 4.78 is 3.59. The highest BCUT2D eigenvalue weighted by Gasteiger charge is 2.21. The van der Waals surface area contributed by atoms with Crippen LogP contribution in [-0.4, -0.2) is 25.6 Å². The first kappa shape index (κ1) is 11.5. The van der Waals surface area contributed by atoms with E-state index in [1.807, 2.05) is 24.5 Å². The standard InChI is InChI=1S/C9H14N5PS/c1-2-5-12-15(16,13-8-3-6-10-13)14-9-4-7-11-14/h3-4,6-9H,2,5H2,1H3,(H,12,16). The molecule has 0 radical (unpaired) electrons. The summed E-state index contributed by atoms with van der Waals surface area (Å²) in [6.45, 7) is 0.818. The van der Waals surface area contributed by atoms with Gasteiger partial charge in [-0.3, -0.25) is 5.09 Å². The molecule has 16 heavy (non-hydrogen) atoms. The van der Waals surface area contributed by atoms with E-state index in [9.17, 15) is 0 Å². The van der Waals surface area contributed by atoms with Gasteiger partial charge in [0.1, 0.15) is 0 Å². The Kier molecular flexibility index (Phi) is 3.53. The van der Waals surface area contributed by atoms with Gasteiger partial charge in [-0.15, -0.1) is 0 Å². The van der Waals surface area contributed by atoms with Gasteiger partial charge in [0.25, 0.3) is 0 Å². The molecule has 0 spiro atoms. The first-order valence-electron chi connectivity index (χ1n) is 5.13. The van der Waals surface area contributed by atoms with Crippen LogP contribution in [0.1, 0.15) is 13.3 Å². The fraction of sp³-hybridized carbons (Fsp3) is 0.333. The van der Waals surface area contributed by atoms with Crippen LogP contribution in [0, 0.1) is 0 Å². The Labute approximate surface area is 99.6 Å². The van der Waals surface area contributed by atoms with Gasteiger partial charge in [0.15, 0.2) is 0 Å². The number of nitrogens with one attached hydrogen (secondary N) is 1. The molecular formula is C9H14N5PS. The van der Waals surface area contributed by atoms with Crippen LogP contribution < -0.4 is 5.09 Å². The van der Waals surface area contributed by atoms with E-state index in [2.05, 4.69) is 22.2 Å². The predicted molar refractivity (Wildman–Crippen MR) is 67.8 cm³/mol. The third-order valence-electron chi connectivity index (χ3n) is 2.10. The Hall–Kier alpha value is -0.970. The van der Waals surface area contributed by atoms with E-state index >= 15 is 0 Å². The highest BCUT2D eigenvalue weighted by atomic mass is 32.4. The van der Waals surface area contributed by atoms with Gasteiger partial charge in [-0.1, -0.05) is 6.92 Å². The van der Waals surface area contributed by atoms with Crippen LogP contribution in [-0.2, 0) is 11.8 Å². The van der Waals surface area contributed by atoms with Crippen LogP contribution in [0.3, 0.4) is 0 Å². The molecule has 0 unspecified atom stereocenters. The lowest BCUT2D eigenvalue weighted by molar-refractivity contribution is 0.804. The van der Waals surface area contributed by atoms with Crippen LogP contribution in [0.2, 0.25) is 0 Å². The summed E-state index contributed by atoms with van der Waals surface area (Å²) in [4.78, 5) is 0. The van der Waals surface area contributed by atoms with E-state index in [1.165, 1.54) is 0 Å². The van der Waals surface area contributed by atoms with Gasteiger partial charge in [0.2, 0.25) is 6.49 Å². The summed E-state index contributed by atoms with van der Waals surface area (Å²) in [6.07, 6.45) is 8.26. The van der Waals surface area contributed by atoms with Gasteiger partial charge in [0.05, 0.1) is 0 Å². The molecule has 7 heteroatoms. The Bertz CT molecular complexity index is 426. The zero-order valence-corrected chi connectivity index (χ0v) is 10.7. The minimum Gasteiger partial charge on any atom is -0.254 e. The molecule has 0 fully saturated rings. The quantitative estimate of drug-likeness (QED) is 0.826. The second-order valence-electron chi connectivity index (χ2n) is 3.31. The molecule has 0 amide bonds. The second-order valence-corrected chi connectivity index (χ2v) is 7.06. The Morgan fingerprint density at radius 3 is 2.12 bits per heavy atom. The largest absolute Gasteiger partial charge is 0.254 e. The zero-order chi connectivity index (χ0) is 11.4. The summed E-state index contributed by atoms with van der Waals surface area (Å²) in [5.41, 5.74) is 0. The third-order valence-corrected chi connectivity index (χ3v) is 5.72. The second kappa shape index (κ2) is 4.91. The molecule has 2 rings (SSSR count). The summed E-state index contributed by atoms with van der Waals surface area (Å²) in [5, 5.41) is 11.8. The van der Waals surface area contributed by atoms with Crippen molar-refractivity contribution in [3.05, 3.63) is 36.9 Å². The summed E-state index contributed by atoms with van der Waals surface area (Å²) in [6, 6.07) is 3.75. The summed E-state index contributed by atoms with van der Waals surface area (Å²) in [5.74, 6) is 0. The zero-order valence-electron chi connectivity index (χ0n) is 9.02. The molecular weight excluding hydrogens is 241 g/mol. The number of aromatic nitrogens is 4. The smallest absolute Gasteiger partial charge is 0.231 e. The highest BCUT2D eigenvalue weighted by molar-refractivity contribution is 8.12. The maximum Gasteiger partial charge on any atom is 0.231 e. The van der Waals surface area contributed by atoms with Gasteiger partial charge in [-0.05, 0) is 30.4 Å². The number of hydrogen-bond acceptors (Lipinski definition) is 3. The molecule has 0 atom stereocenters. The topological polar surface area (TPSA) is 47.7 Å². The lowest BCUT2D eigenvalue weighted by Crippen LogP contribution is -2.22. The van der Waals surface area contributed by atoms with Gasteiger partial charge in [-0.2, -0.15) is 10.2 Å². The van der Waals surface area contributed by atoms with Gasteiger partial charge >= 0.3 is 0 Å². The van der Waals surface area contributed by atoms with Crippen molar-refractivity contribution in [2.75, 3.05) is 6.54 Å². The fourth-order valence-electron chi connectivity index (χ4n) is 1.34. The molecule has 2 heterocycles. The molecule has 0 bridgehead atoms. The van der Waals surface area contributed by atoms with Gasteiger partial charge in [0, 0.05) is 31.3 Å². The molecule has 86 valence electrons. The van der Waals surface area contributed by atoms with Crippen LogP contribution in [0.4, 0.5) is 0 Å². The fourth-order valence-corrected chi connectivity index (χ4v) is 4.10. The van der Waals surface area contributed by atoms with Crippen molar-refractivity contribution >= 4 is 18.3 Å². The third kappa shape index (κ3) is 2.09. The van der Waals surface area contributed by atoms with E-state index in [-0.39, 0.29) is 0 Å². The van der Waals surface area contributed by atoms with Crippen molar-refractivity contribution in [1.82, 2.24) is 24.2 Å². The molecule has 2 aromatic heterocycles. The van der Waals surface area contributed by atoms with E-state index in [0.717, 1.165) is 13.0 Å². The van der Waals surface area contributed by atoms with Crippen molar-refractivity contribution in [2.24, 2.45) is 0 Å². The molecule has 0 saturated carbocycles. The molecule has 1 N–H and O–H groups in total. The van der Waals surface area contributed by atoms with E-state index in [1.54, 1.807) is 21.3 Å². The molecule has 2 aromatic rings. The molecule has 0 aliphatic carbocycles. The van der Waals surface area contributed by atoms with Crippen LogP contribution in [0.5, 0.6) is 0 Å². The minimum atomic E-state index is -2.15. The number of hydrogen-bond donors (Lipinski definition) is 1. The molecule has 0 aliphatic heterocycles. The average molecular weight is 255 g/mol. The number of nitrogens with zero attached hydrogens (tertiary/aromatic N) is 4. The molecule has 0 aliphatic rings. The van der Waals surface area contributed by atoms with E-state index < -0.39 is 6.49 Å². The molecule has 5 nitrogen and oxygen atoms in total. The van der Waals surface area contributed by atoms with Crippen molar-refractivity contribution in [3.63, 3.8) is 0 Å². The molecule has 0 aromatic carbocycles. The Morgan fingerprint density at radius 2 is 1.75 bits per heavy atom. The lowest BCUT2D eigenvalue weighted by atomic mass is 10.5. The normalized spacial score (nSPS) is 11.8. The van der Waals surface area contributed by atoms with Crippen molar-refractivity contribution < 1.29 is 0 Å². The molecule has 0 saturated heterocycles. The average Bonchev–Trinajstić information content (AvgIpc) is 2.96. The van der Waals surface area contributed by atoms with E-state index in [0.29, 0.717) is 0 Å². The predicted octanol–water partition coefficient (Wildman–Crippen LogP) is 1.70. The monoisotopic (exact) mass is 255 g/mol. The maximum atomic E-state index is 5.71. The van der Waals surface area contributed by atoms with E-state index in [4.69, 9.17) is 11.8 Å². The van der Waals surface area contributed by atoms with Gasteiger partial charge < -0.3 is 0 Å². The van der Waals surface area contributed by atoms with Crippen LogP contribution in [0.15, 0.2) is 36.9 Å². The first-order valence-corrected chi connectivity index (χ1v) is 7.84. The van der Waals surface area contributed by atoms with Crippen molar-refractivity contribution in [3.8, 4) is 0 Å². The highest BCUT2D eigenvalue weighted by Crippen LogP contribution is 2.42. The Balaban J connectivity index is 2.38. The SMILES string of the molecule is CCCNP(=S)(n1cccn1)n1cccn1. The van der Waals surface area contributed by atoms with Gasteiger partial charge in [-0.25, -0.2) is 8.90 Å².